The Labute approximate surface area is 93.1 Å². The molecule has 0 saturated heterocycles. The number of rotatable bonds is 3. The van der Waals surface area contributed by atoms with Crippen molar-refractivity contribution in [2.45, 2.75) is 31.2 Å². The van der Waals surface area contributed by atoms with Gasteiger partial charge in [0.25, 0.3) is 0 Å². The Hall–Kier alpha value is -1.55. The fourth-order valence-corrected chi connectivity index (χ4v) is 1.84. The number of nitrogens with two attached hydrogens (primary N) is 1. The molecule has 1 saturated carbocycles. The van der Waals surface area contributed by atoms with Gasteiger partial charge in [-0.3, -0.25) is 0 Å². The summed E-state index contributed by atoms with van der Waals surface area (Å²) in [4.78, 5) is 4.32. The monoisotopic (exact) mass is 218 g/mol. The molecule has 84 valence electrons. The van der Waals surface area contributed by atoms with Crippen LogP contribution in [0.2, 0.25) is 0 Å². The van der Waals surface area contributed by atoms with Gasteiger partial charge in [0.1, 0.15) is 11.3 Å². The highest BCUT2D eigenvalue weighted by atomic mass is 16.3. The lowest BCUT2D eigenvalue weighted by molar-refractivity contribution is 0.475. The molecule has 1 aliphatic carbocycles. The van der Waals surface area contributed by atoms with E-state index in [1.165, 1.54) is 0 Å². The Bertz CT molecular complexity index is 529. The number of oxazole rings is 1. The highest BCUT2D eigenvalue weighted by Gasteiger charge is 2.37. The van der Waals surface area contributed by atoms with Crippen molar-refractivity contribution in [3.63, 3.8) is 0 Å². The molecular weight excluding hydrogens is 204 g/mol. The molecule has 1 aliphatic rings. The molecule has 0 radical (unpaired) electrons. The van der Waals surface area contributed by atoms with E-state index in [-0.39, 0.29) is 11.3 Å². The van der Waals surface area contributed by atoms with E-state index in [9.17, 15) is 5.11 Å². The number of nitrogens with zero attached hydrogens (tertiary/aromatic N) is 1. The van der Waals surface area contributed by atoms with E-state index < -0.39 is 0 Å². The van der Waals surface area contributed by atoms with Gasteiger partial charge in [0.15, 0.2) is 11.5 Å². The number of aryl methyl sites for hydroxylation is 1. The fourth-order valence-electron chi connectivity index (χ4n) is 1.84. The van der Waals surface area contributed by atoms with Gasteiger partial charge in [-0.05, 0) is 31.4 Å². The van der Waals surface area contributed by atoms with Gasteiger partial charge in [-0.25, -0.2) is 4.98 Å². The lowest BCUT2D eigenvalue weighted by Crippen LogP contribution is -2.22. The number of benzene rings is 1. The Balaban J connectivity index is 1.82. The first-order valence-electron chi connectivity index (χ1n) is 5.52. The quantitative estimate of drug-likeness (QED) is 0.826. The smallest absolute Gasteiger partial charge is 0.195 e. The SMILES string of the molecule is NC1(CCc2nc3cc(O)ccc3o2)CC1. The van der Waals surface area contributed by atoms with Crippen molar-refractivity contribution in [2.24, 2.45) is 5.73 Å². The summed E-state index contributed by atoms with van der Waals surface area (Å²) >= 11 is 0. The van der Waals surface area contributed by atoms with Crippen molar-refractivity contribution < 1.29 is 9.52 Å². The summed E-state index contributed by atoms with van der Waals surface area (Å²) in [5, 5.41) is 9.31. The Kier molecular flexibility index (Phi) is 1.94. The van der Waals surface area contributed by atoms with Gasteiger partial charge in [0.05, 0.1) is 0 Å². The van der Waals surface area contributed by atoms with Gasteiger partial charge in [-0.15, -0.1) is 0 Å². The summed E-state index contributed by atoms with van der Waals surface area (Å²) in [5.74, 6) is 0.919. The number of fused-ring (bicyclic) bond motifs is 1. The van der Waals surface area contributed by atoms with Crippen molar-refractivity contribution in [2.75, 3.05) is 0 Å². The van der Waals surface area contributed by atoms with Crippen LogP contribution >= 0.6 is 0 Å². The molecule has 4 heteroatoms. The van der Waals surface area contributed by atoms with Gasteiger partial charge in [-0.1, -0.05) is 0 Å². The molecule has 0 amide bonds. The van der Waals surface area contributed by atoms with Crippen LogP contribution in [0.1, 0.15) is 25.2 Å². The highest BCUT2D eigenvalue weighted by Crippen LogP contribution is 2.36. The summed E-state index contributed by atoms with van der Waals surface area (Å²) < 4.78 is 5.57. The first-order chi connectivity index (χ1) is 7.65. The predicted molar refractivity (Wildman–Crippen MR) is 60.1 cm³/mol. The maximum Gasteiger partial charge on any atom is 0.195 e. The van der Waals surface area contributed by atoms with Gasteiger partial charge < -0.3 is 15.3 Å². The molecule has 0 spiro atoms. The van der Waals surface area contributed by atoms with Crippen LogP contribution in [0.4, 0.5) is 0 Å². The molecule has 3 rings (SSSR count). The van der Waals surface area contributed by atoms with Crippen molar-refractivity contribution in [1.29, 1.82) is 0 Å². The summed E-state index contributed by atoms with van der Waals surface area (Å²) in [6.07, 6.45) is 3.90. The predicted octanol–water partition coefficient (Wildman–Crippen LogP) is 1.96. The van der Waals surface area contributed by atoms with Crippen molar-refractivity contribution in [1.82, 2.24) is 4.98 Å². The van der Waals surface area contributed by atoms with Gasteiger partial charge in [-0.2, -0.15) is 0 Å². The van der Waals surface area contributed by atoms with Crippen LogP contribution in [0.5, 0.6) is 5.75 Å². The minimum absolute atomic E-state index is 0.0305. The largest absolute Gasteiger partial charge is 0.508 e. The summed E-state index contributed by atoms with van der Waals surface area (Å²) in [7, 11) is 0. The standard InChI is InChI=1S/C12H14N2O2/c13-12(5-6-12)4-3-11-14-9-7-8(15)1-2-10(9)16-11/h1-2,7,15H,3-6,13H2. The Morgan fingerprint density at radius 2 is 2.25 bits per heavy atom. The molecule has 2 aromatic rings. The summed E-state index contributed by atoms with van der Waals surface area (Å²) in [6.45, 7) is 0. The first-order valence-corrected chi connectivity index (χ1v) is 5.52. The van der Waals surface area contributed by atoms with Crippen LogP contribution in [0.25, 0.3) is 11.1 Å². The fraction of sp³-hybridized carbons (Fsp3) is 0.417. The summed E-state index contributed by atoms with van der Waals surface area (Å²) in [6, 6.07) is 4.94. The molecule has 0 aliphatic heterocycles. The topological polar surface area (TPSA) is 72.3 Å². The first kappa shape index (κ1) is 9.66. The number of aromatic nitrogens is 1. The third-order valence-electron chi connectivity index (χ3n) is 3.14. The second kappa shape index (κ2) is 3.22. The zero-order chi connectivity index (χ0) is 11.2. The third kappa shape index (κ3) is 1.76. The van der Waals surface area contributed by atoms with Crippen LogP contribution < -0.4 is 5.73 Å². The number of phenols is 1. The highest BCUT2D eigenvalue weighted by molar-refractivity contribution is 5.74. The van der Waals surface area contributed by atoms with E-state index in [0.717, 1.165) is 31.3 Å². The Morgan fingerprint density at radius 1 is 1.44 bits per heavy atom. The molecule has 0 unspecified atom stereocenters. The average Bonchev–Trinajstić information content (AvgIpc) is 2.85. The van der Waals surface area contributed by atoms with Crippen LogP contribution in [-0.4, -0.2) is 15.6 Å². The van der Waals surface area contributed by atoms with E-state index in [0.29, 0.717) is 11.4 Å². The average molecular weight is 218 g/mol. The summed E-state index contributed by atoms with van der Waals surface area (Å²) in [5.41, 5.74) is 7.46. The number of aromatic hydroxyl groups is 1. The lowest BCUT2D eigenvalue weighted by Gasteiger charge is -2.04. The molecular formula is C12H14N2O2. The van der Waals surface area contributed by atoms with E-state index in [1.807, 2.05) is 0 Å². The zero-order valence-corrected chi connectivity index (χ0v) is 8.94. The normalized spacial score (nSPS) is 17.8. The van der Waals surface area contributed by atoms with Crippen LogP contribution in [0, 0.1) is 0 Å². The van der Waals surface area contributed by atoms with Crippen LogP contribution in [0.3, 0.4) is 0 Å². The zero-order valence-electron chi connectivity index (χ0n) is 8.94. The minimum atomic E-state index is 0.0305. The Morgan fingerprint density at radius 3 is 3.00 bits per heavy atom. The number of hydrogen-bond acceptors (Lipinski definition) is 4. The number of hydrogen-bond donors (Lipinski definition) is 2. The van der Waals surface area contributed by atoms with E-state index in [1.54, 1.807) is 18.2 Å². The maximum absolute atomic E-state index is 9.31. The van der Waals surface area contributed by atoms with E-state index in [4.69, 9.17) is 10.2 Å². The number of phenolic OH excluding ortho intramolecular Hbond substituents is 1. The second-order valence-electron chi connectivity index (χ2n) is 4.62. The van der Waals surface area contributed by atoms with Gasteiger partial charge in [0.2, 0.25) is 0 Å². The molecule has 3 N–H and O–H groups in total. The maximum atomic E-state index is 9.31. The third-order valence-corrected chi connectivity index (χ3v) is 3.14. The van der Waals surface area contributed by atoms with Gasteiger partial charge in [0, 0.05) is 18.0 Å². The molecule has 16 heavy (non-hydrogen) atoms. The van der Waals surface area contributed by atoms with E-state index in [2.05, 4.69) is 4.98 Å². The second-order valence-corrected chi connectivity index (χ2v) is 4.62. The van der Waals surface area contributed by atoms with Crippen molar-refractivity contribution in [3.05, 3.63) is 24.1 Å². The van der Waals surface area contributed by atoms with E-state index >= 15 is 0 Å². The molecule has 1 aromatic carbocycles. The minimum Gasteiger partial charge on any atom is -0.508 e. The molecule has 1 heterocycles. The van der Waals surface area contributed by atoms with Crippen molar-refractivity contribution >= 4 is 11.1 Å². The molecule has 1 aromatic heterocycles. The molecule has 0 bridgehead atoms. The van der Waals surface area contributed by atoms with Crippen LogP contribution in [0.15, 0.2) is 22.6 Å². The van der Waals surface area contributed by atoms with Crippen LogP contribution in [-0.2, 0) is 6.42 Å². The molecule has 0 atom stereocenters. The van der Waals surface area contributed by atoms with Gasteiger partial charge >= 0.3 is 0 Å². The molecule has 1 fully saturated rings. The lowest BCUT2D eigenvalue weighted by atomic mass is 10.1. The van der Waals surface area contributed by atoms with Crippen molar-refractivity contribution in [3.8, 4) is 5.75 Å². The molecule has 4 nitrogen and oxygen atoms in total.